The number of amides is 2. The van der Waals surface area contributed by atoms with Crippen LogP contribution in [-0.4, -0.2) is 17.0 Å². The van der Waals surface area contributed by atoms with Crippen LogP contribution in [0, 0.1) is 0 Å². The van der Waals surface area contributed by atoms with Gasteiger partial charge >= 0.3 is 35.6 Å². The Hall–Kier alpha value is 0.520. The summed E-state index contributed by atoms with van der Waals surface area (Å²) in [5, 5.41) is 4.46. The Labute approximate surface area is 89.6 Å². The van der Waals surface area contributed by atoms with Gasteiger partial charge in [-0.1, -0.05) is 11.6 Å². The van der Waals surface area contributed by atoms with E-state index in [0.29, 0.717) is 0 Å². The standard InChI is InChI=1S/C3H3Cl2N3O.Na/c4-1-6-2(5)8-3(9)7-1;/h1H,(H2,6,7,8,9);/q;+1. The van der Waals surface area contributed by atoms with Crippen LogP contribution in [0.5, 0.6) is 0 Å². The Morgan fingerprint density at radius 2 is 2.20 bits per heavy atom. The van der Waals surface area contributed by atoms with E-state index in [2.05, 4.69) is 15.6 Å². The van der Waals surface area contributed by atoms with Gasteiger partial charge in [-0.05, 0) is 11.6 Å². The molecular formula is C3H3Cl2N3NaO+. The van der Waals surface area contributed by atoms with E-state index in [4.69, 9.17) is 23.2 Å². The van der Waals surface area contributed by atoms with Crippen molar-refractivity contribution in [3.05, 3.63) is 0 Å². The van der Waals surface area contributed by atoms with E-state index in [9.17, 15) is 4.79 Å². The van der Waals surface area contributed by atoms with E-state index in [0.717, 1.165) is 0 Å². The van der Waals surface area contributed by atoms with Crippen LogP contribution in [0.1, 0.15) is 0 Å². The number of urea groups is 1. The first-order chi connectivity index (χ1) is 4.18. The summed E-state index contributed by atoms with van der Waals surface area (Å²) in [5.74, 6) is 0. The minimum absolute atomic E-state index is 0. The molecule has 1 aliphatic rings. The van der Waals surface area contributed by atoms with Crippen LogP contribution in [0.4, 0.5) is 4.79 Å². The SMILES string of the molecule is O=C1NC(Cl)=NC(Cl)N1.[Na+]. The van der Waals surface area contributed by atoms with Gasteiger partial charge in [0.15, 0.2) is 0 Å². The van der Waals surface area contributed by atoms with Crippen LogP contribution in [0.3, 0.4) is 0 Å². The fourth-order valence-corrected chi connectivity index (χ4v) is 0.832. The van der Waals surface area contributed by atoms with Gasteiger partial charge in [-0.15, -0.1) is 0 Å². The molecule has 0 saturated heterocycles. The van der Waals surface area contributed by atoms with Crippen LogP contribution in [-0.2, 0) is 0 Å². The van der Waals surface area contributed by atoms with Gasteiger partial charge in [0.2, 0.25) is 10.9 Å². The Morgan fingerprint density at radius 3 is 2.60 bits per heavy atom. The number of nitrogens with zero attached hydrogens (tertiary/aromatic N) is 1. The molecule has 0 radical (unpaired) electrons. The van der Waals surface area contributed by atoms with Crippen LogP contribution in [0.2, 0.25) is 0 Å². The van der Waals surface area contributed by atoms with Crippen molar-refractivity contribution in [2.24, 2.45) is 4.99 Å². The smallest absolute Gasteiger partial charge is 0.303 e. The number of carbonyl (C=O) groups excluding carboxylic acids is 1. The minimum atomic E-state index is -0.744. The molecule has 2 N–H and O–H groups in total. The Morgan fingerprint density at radius 1 is 1.60 bits per heavy atom. The van der Waals surface area contributed by atoms with Gasteiger partial charge in [-0.2, -0.15) is 0 Å². The Kier molecular flexibility index (Phi) is 4.64. The number of hydrogen-bond acceptors (Lipinski definition) is 2. The van der Waals surface area contributed by atoms with E-state index in [1.54, 1.807) is 0 Å². The molecule has 1 heterocycles. The third-order valence-electron chi connectivity index (χ3n) is 0.694. The second kappa shape index (κ2) is 4.41. The van der Waals surface area contributed by atoms with Gasteiger partial charge in [0.25, 0.3) is 0 Å². The molecule has 50 valence electrons. The summed E-state index contributed by atoms with van der Waals surface area (Å²) in [6.07, 6.45) is 0. The Balaban J connectivity index is 0.000000810. The molecule has 1 unspecified atom stereocenters. The number of nitrogens with one attached hydrogen (secondary N) is 2. The molecule has 1 atom stereocenters. The van der Waals surface area contributed by atoms with E-state index in [1.807, 2.05) is 0 Å². The number of halogens is 2. The molecule has 0 aliphatic carbocycles. The van der Waals surface area contributed by atoms with Crippen LogP contribution >= 0.6 is 23.2 Å². The monoisotopic (exact) mass is 190 g/mol. The average Bonchev–Trinajstić information content (AvgIpc) is 1.59. The third-order valence-corrected chi connectivity index (χ3v) is 1.09. The Bertz CT molecular complexity index is 173. The van der Waals surface area contributed by atoms with E-state index in [-0.39, 0.29) is 34.9 Å². The molecule has 0 fully saturated rings. The van der Waals surface area contributed by atoms with E-state index in [1.165, 1.54) is 0 Å². The zero-order chi connectivity index (χ0) is 6.85. The first kappa shape index (κ1) is 10.5. The van der Waals surface area contributed by atoms with E-state index >= 15 is 0 Å². The quantitative estimate of drug-likeness (QED) is 0.246. The molecule has 0 spiro atoms. The maximum Gasteiger partial charge on any atom is 1.00 e. The molecular weight excluding hydrogens is 188 g/mol. The van der Waals surface area contributed by atoms with Gasteiger partial charge in [-0.25, -0.2) is 9.79 Å². The summed E-state index contributed by atoms with van der Waals surface area (Å²) in [6.45, 7) is 0. The zero-order valence-electron chi connectivity index (χ0n) is 5.19. The van der Waals surface area contributed by atoms with Crippen molar-refractivity contribution in [2.75, 3.05) is 0 Å². The summed E-state index contributed by atoms with van der Waals surface area (Å²) >= 11 is 10.7. The van der Waals surface area contributed by atoms with Gasteiger partial charge in [0, 0.05) is 0 Å². The topological polar surface area (TPSA) is 53.5 Å². The van der Waals surface area contributed by atoms with Crippen molar-refractivity contribution in [3.8, 4) is 0 Å². The number of amidine groups is 1. The van der Waals surface area contributed by atoms with Crippen molar-refractivity contribution in [2.45, 2.75) is 5.62 Å². The van der Waals surface area contributed by atoms with Crippen molar-refractivity contribution in [1.29, 1.82) is 0 Å². The molecule has 1 aliphatic heterocycles. The summed E-state index contributed by atoms with van der Waals surface area (Å²) in [4.78, 5) is 13.9. The van der Waals surface area contributed by atoms with Gasteiger partial charge in [0.05, 0.1) is 0 Å². The zero-order valence-corrected chi connectivity index (χ0v) is 8.70. The van der Waals surface area contributed by atoms with Gasteiger partial charge < -0.3 is 5.32 Å². The molecule has 0 bridgehead atoms. The molecule has 2 amide bonds. The maximum absolute atomic E-state index is 10.4. The first-order valence-corrected chi connectivity index (χ1v) is 2.95. The molecule has 1 rings (SSSR count). The molecule has 0 aromatic heterocycles. The molecule has 0 saturated carbocycles. The van der Waals surface area contributed by atoms with Gasteiger partial charge in [0.1, 0.15) is 0 Å². The second-order valence-electron chi connectivity index (χ2n) is 1.35. The molecule has 0 aromatic rings. The summed E-state index contributed by atoms with van der Waals surface area (Å²) < 4.78 is 0. The number of aliphatic imine (C=N–C) groups is 1. The van der Waals surface area contributed by atoms with Crippen molar-refractivity contribution < 1.29 is 34.4 Å². The molecule has 0 aromatic carbocycles. The van der Waals surface area contributed by atoms with Crippen molar-refractivity contribution >= 4 is 34.5 Å². The summed E-state index contributed by atoms with van der Waals surface area (Å²) in [6, 6.07) is -0.435. The maximum atomic E-state index is 10.4. The minimum Gasteiger partial charge on any atom is -0.303 e. The number of carbonyl (C=O) groups is 1. The largest absolute Gasteiger partial charge is 1.00 e. The third kappa shape index (κ3) is 3.07. The van der Waals surface area contributed by atoms with Crippen LogP contribution in [0.25, 0.3) is 0 Å². The fourth-order valence-electron chi connectivity index (χ4n) is 0.402. The number of alkyl halides is 1. The average molecular weight is 191 g/mol. The summed E-state index contributed by atoms with van der Waals surface area (Å²) in [5.41, 5.74) is -0.744. The number of rotatable bonds is 0. The van der Waals surface area contributed by atoms with Crippen molar-refractivity contribution in [1.82, 2.24) is 10.6 Å². The van der Waals surface area contributed by atoms with E-state index < -0.39 is 11.7 Å². The van der Waals surface area contributed by atoms with Crippen LogP contribution < -0.4 is 40.2 Å². The second-order valence-corrected chi connectivity index (χ2v) is 2.13. The van der Waals surface area contributed by atoms with Crippen LogP contribution in [0.15, 0.2) is 4.99 Å². The number of hydrogen-bond donors (Lipinski definition) is 2. The predicted octanol–water partition coefficient (Wildman–Crippen LogP) is -2.58. The normalized spacial score (nSPS) is 23.6. The van der Waals surface area contributed by atoms with Crippen molar-refractivity contribution in [3.63, 3.8) is 0 Å². The predicted molar refractivity (Wildman–Crippen MR) is 34.6 cm³/mol. The molecule has 10 heavy (non-hydrogen) atoms. The fraction of sp³-hybridized carbons (Fsp3) is 0.333. The molecule has 4 nitrogen and oxygen atoms in total. The molecule has 7 heteroatoms. The first-order valence-electron chi connectivity index (χ1n) is 2.13. The van der Waals surface area contributed by atoms with Gasteiger partial charge in [-0.3, -0.25) is 5.32 Å². The summed E-state index contributed by atoms with van der Waals surface area (Å²) in [7, 11) is 0.